The number of fused-ring (bicyclic) bond motifs is 1. The van der Waals surface area contributed by atoms with Crippen LogP contribution in [0.1, 0.15) is 11.1 Å². The van der Waals surface area contributed by atoms with Gasteiger partial charge in [-0.1, -0.05) is 36.4 Å². The van der Waals surface area contributed by atoms with E-state index in [-0.39, 0.29) is 12.5 Å². The van der Waals surface area contributed by atoms with Crippen molar-refractivity contribution in [2.24, 2.45) is 0 Å². The molecule has 0 aromatic heterocycles. The summed E-state index contributed by atoms with van der Waals surface area (Å²) in [6.07, 6.45) is -0.618. The van der Waals surface area contributed by atoms with E-state index >= 15 is 0 Å². The molecule has 1 heterocycles. The van der Waals surface area contributed by atoms with E-state index in [1.54, 1.807) is 6.07 Å². The summed E-state index contributed by atoms with van der Waals surface area (Å²) in [4.78, 5) is 14.4. The van der Waals surface area contributed by atoms with Gasteiger partial charge in [-0.2, -0.15) is 0 Å². The van der Waals surface area contributed by atoms with E-state index in [1.807, 2.05) is 44.4 Å². The predicted octanol–water partition coefficient (Wildman–Crippen LogP) is 2.20. The molecule has 5 heteroatoms. The lowest BCUT2D eigenvalue weighted by atomic mass is 10.1. The zero-order valence-electron chi connectivity index (χ0n) is 14.0. The monoisotopic (exact) mass is 326 g/mol. The largest absolute Gasteiger partial charge is 0.485 e. The molecule has 3 rings (SSSR count). The molecule has 0 saturated heterocycles. The first-order valence-corrected chi connectivity index (χ1v) is 8.00. The highest BCUT2D eigenvalue weighted by atomic mass is 16.6. The SMILES string of the molecule is CN(C)Cc1ccc(CNC(=O)[C@@H]2COc3ccccc3O2)cc1. The van der Waals surface area contributed by atoms with Crippen LogP contribution in [0, 0.1) is 0 Å². The molecular weight excluding hydrogens is 304 g/mol. The van der Waals surface area contributed by atoms with Crippen LogP contribution in [0.25, 0.3) is 0 Å². The van der Waals surface area contributed by atoms with E-state index in [4.69, 9.17) is 9.47 Å². The molecular formula is C19H22N2O3. The van der Waals surface area contributed by atoms with Gasteiger partial charge in [0, 0.05) is 13.1 Å². The molecule has 24 heavy (non-hydrogen) atoms. The van der Waals surface area contributed by atoms with Crippen LogP contribution in [0.15, 0.2) is 48.5 Å². The number of nitrogens with one attached hydrogen (secondary N) is 1. The van der Waals surface area contributed by atoms with Crippen molar-refractivity contribution in [1.82, 2.24) is 10.2 Å². The Morgan fingerprint density at radius 2 is 1.75 bits per heavy atom. The maximum absolute atomic E-state index is 12.3. The Balaban J connectivity index is 1.53. The second-order valence-electron chi connectivity index (χ2n) is 6.14. The van der Waals surface area contributed by atoms with Gasteiger partial charge in [-0.3, -0.25) is 4.79 Å². The number of amides is 1. The molecule has 126 valence electrons. The molecule has 0 fully saturated rings. The standard InChI is InChI=1S/C19H22N2O3/c1-21(2)12-15-9-7-14(8-10-15)11-20-19(22)18-13-23-16-5-3-4-6-17(16)24-18/h3-10,18H,11-13H2,1-2H3,(H,20,22)/t18-/m0/s1. The molecule has 2 aromatic carbocycles. The van der Waals surface area contributed by atoms with Crippen molar-refractivity contribution in [3.63, 3.8) is 0 Å². The minimum absolute atomic E-state index is 0.165. The minimum atomic E-state index is -0.618. The molecule has 1 atom stereocenters. The van der Waals surface area contributed by atoms with E-state index < -0.39 is 6.10 Å². The average Bonchev–Trinajstić information content (AvgIpc) is 2.60. The fourth-order valence-corrected chi connectivity index (χ4v) is 2.58. The molecule has 0 bridgehead atoms. The van der Waals surface area contributed by atoms with Crippen LogP contribution in [0.2, 0.25) is 0 Å². The van der Waals surface area contributed by atoms with Gasteiger partial charge in [0.15, 0.2) is 11.5 Å². The Kier molecular flexibility index (Phi) is 5.01. The zero-order valence-corrected chi connectivity index (χ0v) is 14.0. The first-order chi connectivity index (χ1) is 11.6. The number of hydrogen-bond donors (Lipinski definition) is 1. The zero-order chi connectivity index (χ0) is 16.9. The molecule has 1 N–H and O–H groups in total. The molecule has 0 unspecified atom stereocenters. The maximum Gasteiger partial charge on any atom is 0.264 e. The highest BCUT2D eigenvalue weighted by molar-refractivity contribution is 5.81. The van der Waals surface area contributed by atoms with Gasteiger partial charge in [0.25, 0.3) is 5.91 Å². The van der Waals surface area contributed by atoms with Gasteiger partial charge < -0.3 is 19.7 Å². The van der Waals surface area contributed by atoms with Gasteiger partial charge in [0.05, 0.1) is 0 Å². The molecule has 5 nitrogen and oxygen atoms in total. The maximum atomic E-state index is 12.3. The minimum Gasteiger partial charge on any atom is -0.485 e. The lowest BCUT2D eigenvalue weighted by Crippen LogP contribution is -2.43. The molecule has 0 spiro atoms. The Labute approximate surface area is 142 Å². The summed E-state index contributed by atoms with van der Waals surface area (Å²) in [5.41, 5.74) is 2.30. The number of rotatable bonds is 5. The molecule has 1 aliphatic rings. The number of hydrogen-bond acceptors (Lipinski definition) is 4. The van der Waals surface area contributed by atoms with Crippen molar-refractivity contribution in [3.8, 4) is 11.5 Å². The number of carbonyl (C=O) groups excluding carboxylic acids is 1. The van der Waals surface area contributed by atoms with Crippen molar-refractivity contribution in [1.29, 1.82) is 0 Å². The highest BCUT2D eigenvalue weighted by Crippen LogP contribution is 2.30. The molecule has 1 amide bonds. The lowest BCUT2D eigenvalue weighted by Gasteiger charge is -2.25. The number of nitrogens with zero attached hydrogens (tertiary/aromatic N) is 1. The van der Waals surface area contributed by atoms with Crippen LogP contribution in [0.3, 0.4) is 0 Å². The Morgan fingerprint density at radius 3 is 2.46 bits per heavy atom. The van der Waals surface area contributed by atoms with Crippen molar-refractivity contribution in [2.75, 3.05) is 20.7 Å². The number of ether oxygens (including phenoxy) is 2. The van der Waals surface area contributed by atoms with Gasteiger partial charge in [0.1, 0.15) is 6.61 Å². The van der Waals surface area contributed by atoms with Gasteiger partial charge in [0.2, 0.25) is 6.10 Å². The quantitative estimate of drug-likeness (QED) is 0.915. The van der Waals surface area contributed by atoms with Crippen LogP contribution < -0.4 is 14.8 Å². The average molecular weight is 326 g/mol. The van der Waals surface area contributed by atoms with Gasteiger partial charge in [-0.05, 0) is 37.4 Å². The normalized spacial score (nSPS) is 16.0. The Hall–Kier alpha value is -2.53. The first kappa shape index (κ1) is 16.3. The summed E-state index contributed by atoms with van der Waals surface area (Å²) in [5.74, 6) is 1.12. The van der Waals surface area contributed by atoms with E-state index in [0.29, 0.717) is 18.0 Å². The molecule has 0 aliphatic carbocycles. The van der Waals surface area contributed by atoms with Crippen molar-refractivity contribution in [2.45, 2.75) is 19.2 Å². The second-order valence-corrected chi connectivity index (χ2v) is 6.14. The first-order valence-electron chi connectivity index (χ1n) is 8.00. The van der Waals surface area contributed by atoms with E-state index in [1.165, 1.54) is 5.56 Å². The third kappa shape index (κ3) is 4.06. The lowest BCUT2D eigenvalue weighted by molar-refractivity contribution is -0.130. The van der Waals surface area contributed by atoms with Crippen molar-refractivity contribution in [3.05, 3.63) is 59.7 Å². The molecule has 0 saturated carbocycles. The van der Waals surface area contributed by atoms with Crippen LogP contribution in [-0.4, -0.2) is 37.6 Å². The van der Waals surface area contributed by atoms with Crippen LogP contribution in [0.5, 0.6) is 11.5 Å². The van der Waals surface area contributed by atoms with E-state index in [9.17, 15) is 4.79 Å². The second kappa shape index (κ2) is 7.36. The van der Waals surface area contributed by atoms with E-state index in [2.05, 4.69) is 22.3 Å². The number of benzene rings is 2. The third-order valence-electron chi connectivity index (χ3n) is 3.79. The summed E-state index contributed by atoms with van der Waals surface area (Å²) in [5, 5.41) is 2.91. The van der Waals surface area contributed by atoms with Crippen LogP contribution in [-0.2, 0) is 17.9 Å². The van der Waals surface area contributed by atoms with Crippen molar-refractivity contribution >= 4 is 5.91 Å². The van der Waals surface area contributed by atoms with Crippen molar-refractivity contribution < 1.29 is 14.3 Å². The molecule has 2 aromatic rings. The smallest absolute Gasteiger partial charge is 0.264 e. The van der Waals surface area contributed by atoms with Gasteiger partial charge >= 0.3 is 0 Å². The van der Waals surface area contributed by atoms with E-state index in [0.717, 1.165) is 12.1 Å². The summed E-state index contributed by atoms with van der Waals surface area (Å²) in [7, 11) is 4.08. The Bertz CT molecular complexity index is 698. The van der Waals surface area contributed by atoms with Gasteiger partial charge in [-0.15, -0.1) is 0 Å². The van der Waals surface area contributed by atoms with Gasteiger partial charge in [-0.25, -0.2) is 0 Å². The fraction of sp³-hybridized carbons (Fsp3) is 0.316. The summed E-state index contributed by atoms with van der Waals surface area (Å²) in [6, 6.07) is 15.6. The third-order valence-corrected chi connectivity index (χ3v) is 3.79. The summed E-state index contributed by atoms with van der Waals surface area (Å²) in [6.45, 7) is 1.60. The highest BCUT2D eigenvalue weighted by Gasteiger charge is 2.26. The molecule has 1 aliphatic heterocycles. The number of para-hydroxylation sites is 2. The Morgan fingerprint density at radius 1 is 1.08 bits per heavy atom. The van der Waals surface area contributed by atoms with Crippen LogP contribution >= 0.6 is 0 Å². The summed E-state index contributed by atoms with van der Waals surface area (Å²) >= 11 is 0. The predicted molar refractivity (Wildman–Crippen MR) is 92.0 cm³/mol. The fourth-order valence-electron chi connectivity index (χ4n) is 2.58. The molecule has 0 radical (unpaired) electrons. The number of carbonyl (C=O) groups is 1. The summed E-state index contributed by atoms with van der Waals surface area (Å²) < 4.78 is 11.3. The topological polar surface area (TPSA) is 50.8 Å². The van der Waals surface area contributed by atoms with Crippen LogP contribution in [0.4, 0.5) is 0 Å².